The zero-order chi connectivity index (χ0) is 17.9. The molecule has 0 aliphatic heterocycles. The second kappa shape index (κ2) is 9.39. The summed E-state index contributed by atoms with van der Waals surface area (Å²) in [6.07, 6.45) is 0. The number of nitrogens with zero attached hydrogens (tertiary/aromatic N) is 2. The topological polar surface area (TPSA) is 77.0 Å². The van der Waals surface area contributed by atoms with Crippen molar-refractivity contribution in [3.05, 3.63) is 95.6 Å². The van der Waals surface area contributed by atoms with Crippen LogP contribution in [0, 0.1) is 22.7 Å². The van der Waals surface area contributed by atoms with Crippen molar-refractivity contribution in [3.63, 3.8) is 0 Å². The Balaban J connectivity index is 0.000000212. The molecule has 0 bridgehead atoms. The van der Waals surface area contributed by atoms with E-state index in [4.69, 9.17) is 20.4 Å². The first-order valence-electron chi connectivity index (χ1n) is 7.58. The summed E-state index contributed by atoms with van der Waals surface area (Å²) in [6, 6.07) is 27.5. The number of rotatable bonds is 3. The molecule has 0 spiro atoms. The van der Waals surface area contributed by atoms with Crippen LogP contribution in [0.2, 0.25) is 0 Å². The van der Waals surface area contributed by atoms with Crippen LogP contribution in [0.4, 0.5) is 0 Å². The predicted molar refractivity (Wildman–Crippen MR) is 94.8 cm³/mol. The standard InChI is InChI=1S/C14H11NO.C7H5NO/c15-10-13-8-4-5-9-14(13)16-11-12-6-2-1-3-7-12;8-5-6-3-1-2-4-7(6)9/h1-9H,11H2;1-4,9H. The molecule has 0 saturated heterocycles. The summed E-state index contributed by atoms with van der Waals surface area (Å²) in [4.78, 5) is 0. The molecule has 25 heavy (non-hydrogen) atoms. The molecule has 4 heteroatoms. The lowest BCUT2D eigenvalue weighted by Gasteiger charge is -2.07. The second-order valence-electron chi connectivity index (χ2n) is 5.01. The van der Waals surface area contributed by atoms with Crippen LogP contribution in [-0.2, 0) is 6.61 Å². The molecule has 0 radical (unpaired) electrons. The molecule has 0 amide bonds. The van der Waals surface area contributed by atoms with Crippen molar-refractivity contribution in [2.75, 3.05) is 0 Å². The van der Waals surface area contributed by atoms with Crippen LogP contribution in [0.25, 0.3) is 0 Å². The van der Waals surface area contributed by atoms with Gasteiger partial charge in [0.15, 0.2) is 0 Å². The van der Waals surface area contributed by atoms with Crippen molar-refractivity contribution in [2.45, 2.75) is 6.61 Å². The van der Waals surface area contributed by atoms with Gasteiger partial charge in [-0.25, -0.2) is 0 Å². The van der Waals surface area contributed by atoms with Crippen molar-refractivity contribution in [1.29, 1.82) is 10.5 Å². The largest absolute Gasteiger partial charge is 0.507 e. The minimum atomic E-state index is 0.0417. The van der Waals surface area contributed by atoms with Gasteiger partial charge >= 0.3 is 0 Å². The Bertz CT molecular complexity index is 894. The summed E-state index contributed by atoms with van der Waals surface area (Å²) in [5, 5.41) is 26.1. The van der Waals surface area contributed by atoms with E-state index in [-0.39, 0.29) is 5.75 Å². The Labute approximate surface area is 146 Å². The molecular formula is C21H16N2O2. The highest BCUT2D eigenvalue weighted by Gasteiger charge is 2.01. The van der Waals surface area contributed by atoms with Gasteiger partial charge in [-0.15, -0.1) is 0 Å². The smallest absolute Gasteiger partial charge is 0.137 e. The van der Waals surface area contributed by atoms with Gasteiger partial charge in [0.1, 0.15) is 30.2 Å². The number of phenolic OH excluding ortho intramolecular Hbond substituents is 1. The van der Waals surface area contributed by atoms with E-state index in [9.17, 15) is 0 Å². The van der Waals surface area contributed by atoms with Crippen LogP contribution in [-0.4, -0.2) is 5.11 Å². The highest BCUT2D eigenvalue weighted by Crippen LogP contribution is 2.18. The average molecular weight is 328 g/mol. The van der Waals surface area contributed by atoms with E-state index in [1.807, 2.05) is 54.6 Å². The van der Waals surface area contributed by atoms with E-state index >= 15 is 0 Å². The maximum absolute atomic E-state index is 8.89. The number of para-hydroxylation sites is 2. The first kappa shape index (κ1) is 17.6. The third kappa shape index (κ3) is 5.42. The SMILES string of the molecule is N#Cc1ccccc1O.N#Cc1ccccc1OCc1ccccc1. The Hall–Kier alpha value is -3.76. The molecule has 0 atom stereocenters. The fourth-order valence-corrected chi connectivity index (χ4v) is 1.99. The maximum Gasteiger partial charge on any atom is 0.137 e. The second-order valence-corrected chi connectivity index (χ2v) is 5.01. The molecule has 3 aromatic carbocycles. The third-order valence-electron chi connectivity index (χ3n) is 3.27. The molecule has 0 saturated carbocycles. The fraction of sp³-hybridized carbons (Fsp3) is 0.0476. The zero-order valence-electron chi connectivity index (χ0n) is 13.5. The molecule has 1 N–H and O–H groups in total. The molecule has 0 aromatic heterocycles. The number of hydrogen-bond acceptors (Lipinski definition) is 4. The van der Waals surface area contributed by atoms with Crippen molar-refractivity contribution in [3.8, 4) is 23.6 Å². The van der Waals surface area contributed by atoms with Crippen molar-refractivity contribution < 1.29 is 9.84 Å². The van der Waals surface area contributed by atoms with Crippen molar-refractivity contribution in [1.82, 2.24) is 0 Å². The number of phenols is 1. The van der Waals surface area contributed by atoms with E-state index in [0.29, 0.717) is 23.5 Å². The van der Waals surface area contributed by atoms with Gasteiger partial charge in [0.2, 0.25) is 0 Å². The molecule has 0 heterocycles. The molecule has 122 valence electrons. The van der Waals surface area contributed by atoms with E-state index < -0.39 is 0 Å². The van der Waals surface area contributed by atoms with E-state index in [1.165, 1.54) is 6.07 Å². The van der Waals surface area contributed by atoms with Gasteiger partial charge in [0.25, 0.3) is 0 Å². The normalized spacial score (nSPS) is 9.04. The monoisotopic (exact) mass is 328 g/mol. The summed E-state index contributed by atoms with van der Waals surface area (Å²) in [5.74, 6) is 0.675. The third-order valence-corrected chi connectivity index (χ3v) is 3.27. The summed E-state index contributed by atoms with van der Waals surface area (Å²) in [5.41, 5.74) is 1.98. The van der Waals surface area contributed by atoms with Crippen LogP contribution in [0.1, 0.15) is 16.7 Å². The zero-order valence-corrected chi connectivity index (χ0v) is 13.5. The lowest BCUT2D eigenvalue weighted by molar-refractivity contribution is 0.305. The number of benzene rings is 3. The summed E-state index contributed by atoms with van der Waals surface area (Å²) in [7, 11) is 0. The first-order valence-corrected chi connectivity index (χ1v) is 7.58. The van der Waals surface area contributed by atoms with E-state index in [0.717, 1.165) is 5.56 Å². The van der Waals surface area contributed by atoms with Gasteiger partial charge in [0.05, 0.1) is 11.1 Å². The first-order chi connectivity index (χ1) is 12.2. The minimum Gasteiger partial charge on any atom is -0.507 e. The van der Waals surface area contributed by atoms with Gasteiger partial charge in [-0.05, 0) is 29.8 Å². The Morgan fingerprint density at radius 1 is 0.720 bits per heavy atom. The van der Waals surface area contributed by atoms with E-state index in [1.54, 1.807) is 24.3 Å². The van der Waals surface area contributed by atoms with Gasteiger partial charge in [0, 0.05) is 0 Å². The Morgan fingerprint density at radius 3 is 1.88 bits per heavy atom. The lowest BCUT2D eigenvalue weighted by Crippen LogP contribution is -1.96. The van der Waals surface area contributed by atoms with Gasteiger partial charge in [-0.1, -0.05) is 54.6 Å². The molecule has 0 aliphatic carbocycles. The van der Waals surface area contributed by atoms with Crippen LogP contribution in [0.5, 0.6) is 11.5 Å². The number of hydrogen-bond donors (Lipinski definition) is 1. The molecule has 0 fully saturated rings. The fourth-order valence-electron chi connectivity index (χ4n) is 1.99. The number of nitriles is 2. The van der Waals surface area contributed by atoms with Crippen LogP contribution < -0.4 is 4.74 Å². The Morgan fingerprint density at radius 2 is 1.28 bits per heavy atom. The lowest BCUT2D eigenvalue weighted by atomic mass is 10.2. The molecule has 0 unspecified atom stereocenters. The average Bonchev–Trinajstić information content (AvgIpc) is 2.68. The van der Waals surface area contributed by atoms with Gasteiger partial charge in [-0.3, -0.25) is 0 Å². The van der Waals surface area contributed by atoms with Crippen molar-refractivity contribution >= 4 is 0 Å². The Kier molecular flexibility index (Phi) is 6.61. The van der Waals surface area contributed by atoms with Crippen LogP contribution >= 0.6 is 0 Å². The van der Waals surface area contributed by atoms with E-state index in [2.05, 4.69) is 6.07 Å². The minimum absolute atomic E-state index is 0.0417. The molecule has 3 aromatic rings. The number of aromatic hydroxyl groups is 1. The molecule has 0 aliphatic rings. The van der Waals surface area contributed by atoms with Crippen LogP contribution in [0.15, 0.2) is 78.9 Å². The molecule has 3 rings (SSSR count). The van der Waals surface area contributed by atoms with Crippen LogP contribution in [0.3, 0.4) is 0 Å². The van der Waals surface area contributed by atoms with Crippen molar-refractivity contribution in [2.24, 2.45) is 0 Å². The highest BCUT2D eigenvalue weighted by atomic mass is 16.5. The van der Waals surface area contributed by atoms with Gasteiger partial charge in [-0.2, -0.15) is 10.5 Å². The maximum atomic E-state index is 8.89. The molecular weight excluding hydrogens is 312 g/mol. The quantitative estimate of drug-likeness (QED) is 0.773. The summed E-state index contributed by atoms with van der Waals surface area (Å²) < 4.78 is 5.59. The van der Waals surface area contributed by atoms with Gasteiger partial charge < -0.3 is 9.84 Å². The predicted octanol–water partition coefficient (Wildman–Crippen LogP) is 4.40. The molecule has 4 nitrogen and oxygen atoms in total. The summed E-state index contributed by atoms with van der Waals surface area (Å²) in [6.45, 7) is 0.486. The highest BCUT2D eigenvalue weighted by molar-refractivity contribution is 5.42. The summed E-state index contributed by atoms with van der Waals surface area (Å²) >= 11 is 0. The number of ether oxygens (including phenoxy) is 1.